The van der Waals surface area contributed by atoms with Crippen LogP contribution in [-0.2, 0) is 4.79 Å². The van der Waals surface area contributed by atoms with Crippen LogP contribution in [0.4, 0.5) is 11.5 Å². The van der Waals surface area contributed by atoms with Gasteiger partial charge in [0.2, 0.25) is 5.91 Å². The number of nitrogens with two attached hydrogens (primary N) is 1. The van der Waals surface area contributed by atoms with Crippen molar-refractivity contribution in [3.63, 3.8) is 0 Å². The zero-order chi connectivity index (χ0) is 12.8. The van der Waals surface area contributed by atoms with Crippen molar-refractivity contribution >= 4 is 29.0 Å². The van der Waals surface area contributed by atoms with Gasteiger partial charge in [0.15, 0.2) is 5.82 Å². The molecule has 0 aliphatic rings. The van der Waals surface area contributed by atoms with Gasteiger partial charge in [0.1, 0.15) is 0 Å². The van der Waals surface area contributed by atoms with Gasteiger partial charge in [0.05, 0.1) is 17.3 Å². The molecule has 1 amide bonds. The van der Waals surface area contributed by atoms with Crippen LogP contribution in [0.1, 0.15) is 13.8 Å². The summed E-state index contributed by atoms with van der Waals surface area (Å²) in [6.07, 6.45) is 1.52. The van der Waals surface area contributed by atoms with Gasteiger partial charge in [-0.05, 0) is 19.9 Å². The molecule has 0 aliphatic heterocycles. The molecule has 0 aromatic carbocycles. The molecule has 0 atom stereocenters. The topological polar surface area (TPSA) is 71.2 Å². The summed E-state index contributed by atoms with van der Waals surface area (Å²) in [6.45, 7) is 5.32. The second-order valence-electron chi connectivity index (χ2n) is 3.53. The van der Waals surface area contributed by atoms with Crippen molar-refractivity contribution in [2.75, 3.05) is 30.3 Å². The Labute approximate surface area is 106 Å². The van der Waals surface area contributed by atoms with Crippen LogP contribution in [0.3, 0.4) is 0 Å². The molecule has 0 radical (unpaired) electrons. The van der Waals surface area contributed by atoms with Crippen molar-refractivity contribution in [3.8, 4) is 0 Å². The maximum Gasteiger partial charge on any atom is 0.239 e. The van der Waals surface area contributed by atoms with E-state index in [-0.39, 0.29) is 12.5 Å². The second-order valence-corrected chi connectivity index (χ2v) is 3.97. The smallest absolute Gasteiger partial charge is 0.239 e. The third-order valence-corrected chi connectivity index (χ3v) is 2.46. The van der Waals surface area contributed by atoms with E-state index in [1.165, 1.54) is 6.20 Å². The summed E-state index contributed by atoms with van der Waals surface area (Å²) in [7, 11) is 0. The minimum absolute atomic E-state index is 0.0505. The van der Waals surface area contributed by atoms with Crippen LogP contribution in [-0.4, -0.2) is 30.5 Å². The number of rotatable bonds is 5. The average Bonchev–Trinajstić information content (AvgIpc) is 2.27. The largest absolute Gasteiger partial charge is 0.396 e. The lowest BCUT2D eigenvalue weighted by Gasteiger charge is -2.22. The van der Waals surface area contributed by atoms with E-state index in [0.29, 0.717) is 29.6 Å². The lowest BCUT2D eigenvalue weighted by Crippen LogP contribution is -2.37. The van der Waals surface area contributed by atoms with Crippen molar-refractivity contribution in [1.29, 1.82) is 0 Å². The van der Waals surface area contributed by atoms with Crippen molar-refractivity contribution in [2.24, 2.45) is 0 Å². The predicted octanol–water partition coefficient (Wildman–Crippen LogP) is 1.28. The highest BCUT2D eigenvalue weighted by Crippen LogP contribution is 2.22. The van der Waals surface area contributed by atoms with Crippen LogP contribution in [0.15, 0.2) is 12.3 Å². The highest BCUT2D eigenvalue weighted by atomic mass is 35.5. The molecule has 0 fully saturated rings. The van der Waals surface area contributed by atoms with E-state index in [1.807, 2.05) is 13.8 Å². The molecular formula is C11H17ClN4O. The van der Waals surface area contributed by atoms with Gasteiger partial charge in [-0.25, -0.2) is 4.98 Å². The molecule has 1 heterocycles. The summed E-state index contributed by atoms with van der Waals surface area (Å²) < 4.78 is 0. The number of halogens is 1. The van der Waals surface area contributed by atoms with E-state index in [9.17, 15) is 4.79 Å². The number of likely N-dealkylation sites (N-methyl/N-ethyl adjacent to an activating group) is 2. The van der Waals surface area contributed by atoms with Crippen LogP contribution in [0.5, 0.6) is 0 Å². The van der Waals surface area contributed by atoms with E-state index in [1.54, 1.807) is 11.0 Å². The summed E-state index contributed by atoms with van der Waals surface area (Å²) in [6, 6.07) is 1.63. The number of nitrogens with zero attached hydrogens (tertiary/aromatic N) is 2. The van der Waals surface area contributed by atoms with E-state index >= 15 is 0 Å². The predicted molar refractivity (Wildman–Crippen MR) is 70.2 cm³/mol. The van der Waals surface area contributed by atoms with E-state index in [0.717, 1.165) is 0 Å². The standard InChI is InChI=1S/C11H17ClN4O/c1-3-14-10(17)7-16(4-2)11-9(13)5-8(12)6-15-11/h5-6H,3-4,7,13H2,1-2H3,(H,14,17). The van der Waals surface area contributed by atoms with Crippen LogP contribution in [0, 0.1) is 0 Å². The zero-order valence-electron chi connectivity index (χ0n) is 10.0. The molecule has 1 rings (SSSR count). The molecule has 1 aromatic heterocycles. The number of aromatic nitrogens is 1. The first-order valence-corrected chi connectivity index (χ1v) is 5.88. The van der Waals surface area contributed by atoms with Gasteiger partial charge in [-0.3, -0.25) is 4.79 Å². The quantitative estimate of drug-likeness (QED) is 0.833. The van der Waals surface area contributed by atoms with Crippen molar-refractivity contribution in [2.45, 2.75) is 13.8 Å². The molecule has 94 valence electrons. The summed E-state index contributed by atoms with van der Waals surface area (Å²) in [5, 5.41) is 3.22. The molecule has 6 heteroatoms. The van der Waals surface area contributed by atoms with E-state index in [4.69, 9.17) is 17.3 Å². The van der Waals surface area contributed by atoms with Crippen molar-refractivity contribution in [3.05, 3.63) is 17.3 Å². The Balaban J connectivity index is 2.82. The van der Waals surface area contributed by atoms with Crippen LogP contribution in [0.2, 0.25) is 5.02 Å². The van der Waals surface area contributed by atoms with Gasteiger partial charge in [-0.1, -0.05) is 11.6 Å². The first-order chi connectivity index (χ1) is 8.08. The zero-order valence-corrected chi connectivity index (χ0v) is 10.8. The van der Waals surface area contributed by atoms with Crippen LogP contribution < -0.4 is 16.0 Å². The van der Waals surface area contributed by atoms with Gasteiger partial charge >= 0.3 is 0 Å². The number of hydrogen-bond donors (Lipinski definition) is 2. The van der Waals surface area contributed by atoms with Gasteiger partial charge in [0.25, 0.3) is 0 Å². The number of pyridine rings is 1. The molecule has 0 saturated carbocycles. The number of nitrogens with one attached hydrogen (secondary N) is 1. The Morgan fingerprint density at radius 3 is 2.82 bits per heavy atom. The first kappa shape index (κ1) is 13.6. The molecular weight excluding hydrogens is 240 g/mol. The lowest BCUT2D eigenvalue weighted by atomic mass is 10.3. The van der Waals surface area contributed by atoms with Gasteiger partial charge in [-0.2, -0.15) is 0 Å². The fourth-order valence-corrected chi connectivity index (χ4v) is 1.64. The summed E-state index contributed by atoms with van der Waals surface area (Å²) in [5.41, 5.74) is 6.30. The minimum Gasteiger partial charge on any atom is -0.396 e. The highest BCUT2D eigenvalue weighted by molar-refractivity contribution is 6.30. The maximum absolute atomic E-state index is 11.5. The third kappa shape index (κ3) is 3.78. The van der Waals surface area contributed by atoms with Gasteiger partial charge < -0.3 is 16.0 Å². The van der Waals surface area contributed by atoms with Crippen LogP contribution >= 0.6 is 11.6 Å². The normalized spacial score (nSPS) is 10.1. The summed E-state index contributed by atoms with van der Waals surface area (Å²) >= 11 is 5.78. The summed E-state index contributed by atoms with van der Waals surface area (Å²) in [5.74, 6) is 0.536. The number of carbonyl (C=O) groups excluding carboxylic acids is 1. The molecule has 1 aromatic rings. The third-order valence-electron chi connectivity index (χ3n) is 2.25. The molecule has 0 spiro atoms. The molecule has 0 saturated heterocycles. The number of hydrogen-bond acceptors (Lipinski definition) is 4. The number of amides is 1. The molecule has 0 unspecified atom stereocenters. The molecule has 17 heavy (non-hydrogen) atoms. The average molecular weight is 257 g/mol. The SMILES string of the molecule is CCNC(=O)CN(CC)c1ncc(Cl)cc1N. The molecule has 0 aliphatic carbocycles. The maximum atomic E-state index is 11.5. The lowest BCUT2D eigenvalue weighted by molar-refractivity contribution is -0.119. The Hall–Kier alpha value is -1.49. The Kier molecular flexibility index (Phi) is 5.03. The summed E-state index contributed by atoms with van der Waals surface area (Å²) in [4.78, 5) is 17.5. The second kappa shape index (κ2) is 6.30. The van der Waals surface area contributed by atoms with Gasteiger partial charge in [-0.15, -0.1) is 0 Å². The Bertz CT molecular complexity index is 397. The van der Waals surface area contributed by atoms with E-state index < -0.39 is 0 Å². The monoisotopic (exact) mass is 256 g/mol. The number of anilines is 2. The van der Waals surface area contributed by atoms with Crippen molar-refractivity contribution < 1.29 is 4.79 Å². The minimum atomic E-state index is -0.0505. The fraction of sp³-hybridized carbons (Fsp3) is 0.455. The molecule has 5 nitrogen and oxygen atoms in total. The van der Waals surface area contributed by atoms with Crippen LogP contribution in [0.25, 0.3) is 0 Å². The number of carbonyl (C=O) groups is 1. The molecule has 3 N–H and O–H groups in total. The van der Waals surface area contributed by atoms with Crippen molar-refractivity contribution in [1.82, 2.24) is 10.3 Å². The van der Waals surface area contributed by atoms with Gasteiger partial charge in [0, 0.05) is 19.3 Å². The number of nitrogen functional groups attached to an aromatic ring is 1. The fourth-order valence-electron chi connectivity index (χ4n) is 1.47. The highest BCUT2D eigenvalue weighted by Gasteiger charge is 2.13. The Morgan fingerprint density at radius 2 is 2.29 bits per heavy atom. The van der Waals surface area contributed by atoms with E-state index in [2.05, 4.69) is 10.3 Å². The molecule has 0 bridgehead atoms. The first-order valence-electron chi connectivity index (χ1n) is 5.51. The Morgan fingerprint density at radius 1 is 1.59 bits per heavy atom.